The van der Waals surface area contributed by atoms with Gasteiger partial charge in [0.1, 0.15) is 10.6 Å². The summed E-state index contributed by atoms with van der Waals surface area (Å²) < 4.78 is 32.8. The molecule has 0 bridgehead atoms. The van der Waals surface area contributed by atoms with E-state index in [0.29, 0.717) is 5.56 Å². The van der Waals surface area contributed by atoms with E-state index in [1.165, 1.54) is 19.3 Å². The molecule has 6 nitrogen and oxygen atoms in total. The quantitative estimate of drug-likeness (QED) is 0.770. The molecule has 0 unspecified atom stereocenters. The summed E-state index contributed by atoms with van der Waals surface area (Å²) in [6, 6.07) is 4.63. The van der Waals surface area contributed by atoms with Gasteiger partial charge in [0, 0.05) is 25.2 Å². The van der Waals surface area contributed by atoms with Gasteiger partial charge in [-0.15, -0.1) is 0 Å². The number of likely N-dealkylation sites (tertiary alicyclic amines) is 1. The van der Waals surface area contributed by atoms with E-state index < -0.39 is 10.0 Å². The zero-order chi connectivity index (χ0) is 19.2. The molecule has 0 spiro atoms. The zero-order valence-electron chi connectivity index (χ0n) is 15.7. The zero-order valence-corrected chi connectivity index (χ0v) is 16.5. The molecule has 1 saturated heterocycles. The molecular formula is C19H28N2O4S. The van der Waals surface area contributed by atoms with E-state index in [0.717, 1.165) is 38.8 Å². The van der Waals surface area contributed by atoms with Gasteiger partial charge >= 0.3 is 0 Å². The Morgan fingerprint density at radius 3 is 2.42 bits per heavy atom. The van der Waals surface area contributed by atoms with Gasteiger partial charge in [0.2, 0.25) is 15.9 Å². The van der Waals surface area contributed by atoms with Gasteiger partial charge in [0.05, 0.1) is 7.11 Å². The summed E-state index contributed by atoms with van der Waals surface area (Å²) in [5, 5.41) is 0. The Labute approximate surface area is 156 Å². The SMILES string of the molecule is COc1ccc(C=CC(=O)N2CCCCCC2)cc1S(=O)(=O)NC(C)C. The second-order valence-electron chi connectivity index (χ2n) is 6.76. The van der Waals surface area contributed by atoms with Crippen molar-refractivity contribution in [1.29, 1.82) is 0 Å². The Bertz CT molecular complexity index is 749. The number of sulfonamides is 1. The highest BCUT2D eigenvalue weighted by Crippen LogP contribution is 2.25. The van der Waals surface area contributed by atoms with Crippen LogP contribution in [0.1, 0.15) is 45.1 Å². The molecule has 0 radical (unpaired) electrons. The van der Waals surface area contributed by atoms with Crippen LogP contribution < -0.4 is 9.46 Å². The average Bonchev–Trinajstić information content (AvgIpc) is 2.87. The first kappa shape index (κ1) is 20.5. The van der Waals surface area contributed by atoms with Crippen molar-refractivity contribution in [3.05, 3.63) is 29.8 Å². The fourth-order valence-corrected chi connectivity index (χ4v) is 4.40. The maximum Gasteiger partial charge on any atom is 0.246 e. The van der Waals surface area contributed by atoms with Gasteiger partial charge in [-0.05, 0) is 50.5 Å². The summed E-state index contributed by atoms with van der Waals surface area (Å²) in [7, 11) is -2.26. The first-order valence-electron chi connectivity index (χ1n) is 9.01. The Balaban J connectivity index is 2.22. The molecule has 1 aromatic carbocycles. The van der Waals surface area contributed by atoms with Crippen molar-refractivity contribution in [3.63, 3.8) is 0 Å². The first-order valence-corrected chi connectivity index (χ1v) is 10.5. The van der Waals surface area contributed by atoms with Crippen LogP contribution in [-0.2, 0) is 14.8 Å². The highest BCUT2D eigenvalue weighted by Gasteiger charge is 2.21. The number of benzene rings is 1. The Kier molecular flexibility index (Phi) is 7.23. The van der Waals surface area contributed by atoms with E-state index in [2.05, 4.69) is 4.72 Å². The van der Waals surface area contributed by atoms with Gasteiger partial charge in [0.15, 0.2) is 0 Å². The standard InChI is InChI=1S/C19H28N2O4S/c1-15(2)20-26(23,24)18-14-16(8-10-17(18)25-3)9-11-19(22)21-12-6-4-5-7-13-21/h8-11,14-15,20H,4-7,12-13H2,1-3H3. The topological polar surface area (TPSA) is 75.7 Å². The lowest BCUT2D eigenvalue weighted by Gasteiger charge is -2.18. The summed E-state index contributed by atoms with van der Waals surface area (Å²) in [5.74, 6) is 0.238. The third-order valence-corrected chi connectivity index (χ3v) is 5.88. The van der Waals surface area contributed by atoms with Gasteiger partial charge in [-0.2, -0.15) is 0 Å². The number of methoxy groups -OCH3 is 1. The minimum absolute atomic E-state index is 0.0348. The molecule has 26 heavy (non-hydrogen) atoms. The normalized spacial score (nSPS) is 16.1. The van der Waals surface area contributed by atoms with Crippen LogP contribution in [-0.4, -0.2) is 45.5 Å². The van der Waals surface area contributed by atoms with Crippen molar-refractivity contribution in [2.45, 2.75) is 50.5 Å². The molecule has 7 heteroatoms. The monoisotopic (exact) mass is 380 g/mol. The number of hydrogen-bond acceptors (Lipinski definition) is 4. The van der Waals surface area contributed by atoms with Crippen LogP contribution in [0.5, 0.6) is 5.75 Å². The predicted octanol–water partition coefficient (Wildman–Crippen LogP) is 2.80. The van der Waals surface area contributed by atoms with E-state index in [1.54, 1.807) is 32.1 Å². The minimum Gasteiger partial charge on any atom is -0.495 e. The number of carbonyl (C=O) groups is 1. The summed E-state index contributed by atoms with van der Waals surface area (Å²) in [5.41, 5.74) is 0.637. The van der Waals surface area contributed by atoms with E-state index in [-0.39, 0.29) is 22.6 Å². The lowest BCUT2D eigenvalue weighted by Crippen LogP contribution is -2.30. The van der Waals surface area contributed by atoms with Crippen LogP contribution in [0, 0.1) is 0 Å². The molecule has 1 fully saturated rings. The molecule has 2 rings (SSSR count). The van der Waals surface area contributed by atoms with Gasteiger partial charge in [0.25, 0.3) is 0 Å². The number of ether oxygens (including phenoxy) is 1. The van der Waals surface area contributed by atoms with Crippen molar-refractivity contribution in [1.82, 2.24) is 9.62 Å². The third kappa shape index (κ3) is 5.57. The van der Waals surface area contributed by atoms with Crippen molar-refractivity contribution in [3.8, 4) is 5.75 Å². The fraction of sp³-hybridized carbons (Fsp3) is 0.526. The highest BCUT2D eigenvalue weighted by molar-refractivity contribution is 7.89. The molecule has 1 amide bonds. The Hall–Kier alpha value is -1.86. The largest absolute Gasteiger partial charge is 0.495 e. The number of carbonyl (C=O) groups excluding carboxylic acids is 1. The van der Waals surface area contributed by atoms with Gasteiger partial charge in [-0.25, -0.2) is 13.1 Å². The van der Waals surface area contributed by atoms with Gasteiger partial charge in [-0.1, -0.05) is 18.9 Å². The average molecular weight is 381 g/mol. The van der Waals surface area contributed by atoms with Crippen molar-refractivity contribution < 1.29 is 17.9 Å². The van der Waals surface area contributed by atoms with Crippen LogP contribution in [0.3, 0.4) is 0 Å². The summed E-state index contributed by atoms with van der Waals surface area (Å²) in [6.45, 7) is 5.08. The summed E-state index contributed by atoms with van der Waals surface area (Å²) >= 11 is 0. The molecule has 1 aliphatic rings. The molecule has 0 atom stereocenters. The van der Waals surface area contributed by atoms with Crippen molar-refractivity contribution in [2.24, 2.45) is 0 Å². The lowest BCUT2D eigenvalue weighted by atomic mass is 10.2. The molecule has 1 N–H and O–H groups in total. The third-order valence-electron chi connectivity index (χ3n) is 4.20. The number of hydrogen-bond donors (Lipinski definition) is 1. The number of nitrogens with zero attached hydrogens (tertiary/aromatic N) is 1. The molecular weight excluding hydrogens is 352 g/mol. The van der Waals surface area contributed by atoms with Crippen LogP contribution in [0.4, 0.5) is 0 Å². The van der Waals surface area contributed by atoms with E-state index in [1.807, 2.05) is 4.90 Å². The van der Waals surface area contributed by atoms with Crippen LogP contribution in [0.15, 0.2) is 29.2 Å². The predicted molar refractivity (Wildman–Crippen MR) is 103 cm³/mol. The van der Waals surface area contributed by atoms with E-state index in [4.69, 9.17) is 4.74 Å². The molecule has 0 aromatic heterocycles. The van der Waals surface area contributed by atoms with Crippen LogP contribution in [0.25, 0.3) is 6.08 Å². The second-order valence-corrected chi connectivity index (χ2v) is 8.44. The highest BCUT2D eigenvalue weighted by atomic mass is 32.2. The molecule has 1 aromatic rings. The van der Waals surface area contributed by atoms with Crippen LogP contribution >= 0.6 is 0 Å². The first-order chi connectivity index (χ1) is 12.3. The molecule has 0 aliphatic carbocycles. The van der Waals surface area contributed by atoms with E-state index >= 15 is 0 Å². The van der Waals surface area contributed by atoms with Crippen molar-refractivity contribution in [2.75, 3.05) is 20.2 Å². The minimum atomic E-state index is -3.69. The molecule has 1 heterocycles. The fourth-order valence-electron chi connectivity index (χ4n) is 2.94. The lowest BCUT2D eigenvalue weighted by molar-refractivity contribution is -0.125. The maximum atomic E-state index is 12.5. The number of nitrogens with one attached hydrogen (secondary N) is 1. The maximum absolute atomic E-state index is 12.5. The second kappa shape index (κ2) is 9.19. The van der Waals surface area contributed by atoms with Crippen LogP contribution in [0.2, 0.25) is 0 Å². The smallest absolute Gasteiger partial charge is 0.246 e. The van der Waals surface area contributed by atoms with Gasteiger partial charge in [-0.3, -0.25) is 4.79 Å². The number of amides is 1. The molecule has 144 valence electrons. The molecule has 0 saturated carbocycles. The Morgan fingerprint density at radius 1 is 1.19 bits per heavy atom. The van der Waals surface area contributed by atoms with Gasteiger partial charge < -0.3 is 9.64 Å². The van der Waals surface area contributed by atoms with E-state index in [9.17, 15) is 13.2 Å². The molecule has 1 aliphatic heterocycles. The Morgan fingerprint density at radius 2 is 1.85 bits per heavy atom. The summed E-state index contributed by atoms with van der Waals surface area (Å²) in [6.07, 6.45) is 7.56. The summed E-state index contributed by atoms with van der Waals surface area (Å²) in [4.78, 5) is 14.3. The number of rotatable bonds is 6. The van der Waals surface area contributed by atoms with Crippen molar-refractivity contribution >= 4 is 22.0 Å².